The number of anilines is 1. The number of rotatable bonds is 4. The Morgan fingerprint density at radius 3 is 2.33 bits per heavy atom. The average molecular weight is 273 g/mol. The van der Waals surface area contributed by atoms with E-state index < -0.39 is 16.0 Å². The summed E-state index contributed by atoms with van der Waals surface area (Å²) in [6.45, 7) is 1.71. The Bertz CT molecular complexity index is 565. The van der Waals surface area contributed by atoms with E-state index in [0.717, 1.165) is 6.26 Å². The lowest BCUT2D eigenvalue weighted by molar-refractivity contribution is 0.0597. The zero-order chi connectivity index (χ0) is 13.9. The highest BCUT2D eigenvalue weighted by Crippen LogP contribution is 2.27. The summed E-state index contributed by atoms with van der Waals surface area (Å²) in [5, 5.41) is 0. The third kappa shape index (κ3) is 3.36. The second kappa shape index (κ2) is 5.26. The van der Waals surface area contributed by atoms with Gasteiger partial charge >= 0.3 is 5.97 Å². The van der Waals surface area contributed by atoms with Crippen molar-refractivity contribution in [2.24, 2.45) is 0 Å². The second-order valence-corrected chi connectivity index (χ2v) is 5.48. The number of methoxy groups -OCH3 is 2. The summed E-state index contributed by atoms with van der Waals surface area (Å²) < 4.78 is 34.4. The van der Waals surface area contributed by atoms with Gasteiger partial charge in [0.25, 0.3) is 0 Å². The van der Waals surface area contributed by atoms with Crippen LogP contribution in [0.25, 0.3) is 0 Å². The fourth-order valence-corrected chi connectivity index (χ4v) is 2.05. The molecule has 0 aliphatic carbocycles. The number of esters is 1. The SMILES string of the molecule is COC(=O)c1cc(NS(C)(=O)=O)c(C)cc1OC. The van der Waals surface area contributed by atoms with E-state index in [2.05, 4.69) is 9.46 Å². The lowest BCUT2D eigenvalue weighted by atomic mass is 10.1. The molecular weight excluding hydrogens is 258 g/mol. The van der Waals surface area contributed by atoms with Gasteiger partial charge in [0.15, 0.2) is 0 Å². The lowest BCUT2D eigenvalue weighted by Gasteiger charge is -2.13. The van der Waals surface area contributed by atoms with Crippen LogP contribution in [-0.4, -0.2) is 34.9 Å². The van der Waals surface area contributed by atoms with Gasteiger partial charge in [0.2, 0.25) is 10.0 Å². The largest absolute Gasteiger partial charge is 0.496 e. The summed E-state index contributed by atoms with van der Waals surface area (Å²) in [6, 6.07) is 2.96. The van der Waals surface area contributed by atoms with Gasteiger partial charge in [0.05, 0.1) is 26.2 Å². The van der Waals surface area contributed by atoms with E-state index in [1.54, 1.807) is 13.0 Å². The van der Waals surface area contributed by atoms with E-state index in [0.29, 0.717) is 17.0 Å². The maximum atomic E-state index is 11.5. The molecule has 1 rings (SSSR count). The van der Waals surface area contributed by atoms with Crippen molar-refractivity contribution in [1.82, 2.24) is 0 Å². The molecule has 100 valence electrons. The van der Waals surface area contributed by atoms with Crippen molar-refractivity contribution in [3.8, 4) is 5.75 Å². The molecule has 0 radical (unpaired) electrons. The summed E-state index contributed by atoms with van der Waals surface area (Å²) >= 11 is 0. The average Bonchev–Trinajstić information content (AvgIpc) is 2.28. The van der Waals surface area contributed by atoms with Crippen LogP contribution in [0, 0.1) is 6.92 Å². The summed E-state index contributed by atoms with van der Waals surface area (Å²) in [7, 11) is -0.748. The quantitative estimate of drug-likeness (QED) is 0.832. The Morgan fingerprint density at radius 1 is 1.28 bits per heavy atom. The van der Waals surface area contributed by atoms with Crippen LogP contribution in [0.3, 0.4) is 0 Å². The Kier molecular flexibility index (Phi) is 4.18. The number of benzene rings is 1. The Morgan fingerprint density at radius 2 is 1.89 bits per heavy atom. The summed E-state index contributed by atoms with van der Waals surface area (Å²) in [5.41, 5.74) is 1.13. The Hall–Kier alpha value is -1.76. The molecule has 0 heterocycles. The monoisotopic (exact) mass is 273 g/mol. The Balaban J connectivity index is 3.34. The van der Waals surface area contributed by atoms with E-state index in [4.69, 9.17) is 4.74 Å². The van der Waals surface area contributed by atoms with E-state index in [1.807, 2.05) is 0 Å². The number of ether oxygens (including phenoxy) is 2. The van der Waals surface area contributed by atoms with Gasteiger partial charge in [0, 0.05) is 0 Å². The third-order valence-electron chi connectivity index (χ3n) is 2.25. The van der Waals surface area contributed by atoms with Crippen LogP contribution in [-0.2, 0) is 14.8 Å². The highest BCUT2D eigenvalue weighted by Gasteiger charge is 2.16. The van der Waals surface area contributed by atoms with Crippen molar-refractivity contribution in [2.45, 2.75) is 6.92 Å². The molecule has 0 amide bonds. The van der Waals surface area contributed by atoms with Crippen LogP contribution in [0.2, 0.25) is 0 Å². The van der Waals surface area contributed by atoms with Gasteiger partial charge in [-0.15, -0.1) is 0 Å². The first-order valence-electron chi connectivity index (χ1n) is 5.03. The number of carbonyl (C=O) groups is 1. The van der Waals surface area contributed by atoms with Gasteiger partial charge in [-0.2, -0.15) is 0 Å². The van der Waals surface area contributed by atoms with Gasteiger partial charge in [-0.05, 0) is 24.6 Å². The number of carbonyl (C=O) groups excluding carboxylic acids is 1. The summed E-state index contributed by atoms with van der Waals surface area (Å²) in [5.74, 6) is -0.262. The van der Waals surface area contributed by atoms with E-state index in [-0.39, 0.29) is 5.56 Å². The van der Waals surface area contributed by atoms with Gasteiger partial charge in [-0.3, -0.25) is 4.72 Å². The number of aryl methyl sites for hydroxylation is 1. The molecule has 18 heavy (non-hydrogen) atoms. The predicted octanol–water partition coefficient (Wildman–Crippen LogP) is 1.16. The molecule has 0 atom stereocenters. The minimum atomic E-state index is -3.41. The predicted molar refractivity (Wildman–Crippen MR) is 67.5 cm³/mol. The molecule has 0 unspecified atom stereocenters. The van der Waals surface area contributed by atoms with Crippen molar-refractivity contribution in [3.05, 3.63) is 23.3 Å². The standard InChI is InChI=1S/C11H15NO5S/c1-7-5-10(16-2)8(11(13)17-3)6-9(7)12-18(4,14)15/h5-6,12H,1-4H3. The van der Waals surface area contributed by atoms with Crippen LogP contribution in [0.5, 0.6) is 5.75 Å². The van der Waals surface area contributed by atoms with Crippen molar-refractivity contribution in [2.75, 3.05) is 25.2 Å². The fraction of sp³-hybridized carbons (Fsp3) is 0.364. The van der Waals surface area contributed by atoms with Gasteiger partial charge < -0.3 is 9.47 Å². The molecule has 0 saturated carbocycles. The molecule has 0 spiro atoms. The summed E-state index contributed by atoms with van der Waals surface area (Å²) in [4.78, 5) is 11.5. The number of hydrogen-bond donors (Lipinski definition) is 1. The van der Waals surface area contributed by atoms with E-state index in [1.165, 1.54) is 20.3 Å². The molecule has 1 aromatic carbocycles. The van der Waals surface area contributed by atoms with Crippen LogP contribution in [0.1, 0.15) is 15.9 Å². The van der Waals surface area contributed by atoms with Crippen molar-refractivity contribution >= 4 is 21.7 Å². The first-order chi connectivity index (χ1) is 8.28. The second-order valence-electron chi connectivity index (χ2n) is 3.73. The minimum Gasteiger partial charge on any atom is -0.496 e. The highest BCUT2D eigenvalue weighted by molar-refractivity contribution is 7.92. The molecule has 7 heteroatoms. The first-order valence-corrected chi connectivity index (χ1v) is 6.92. The van der Waals surface area contributed by atoms with Crippen molar-refractivity contribution < 1.29 is 22.7 Å². The van der Waals surface area contributed by atoms with Crippen LogP contribution in [0.15, 0.2) is 12.1 Å². The molecule has 6 nitrogen and oxygen atoms in total. The third-order valence-corrected chi connectivity index (χ3v) is 2.84. The smallest absolute Gasteiger partial charge is 0.341 e. The number of nitrogens with one attached hydrogen (secondary N) is 1. The minimum absolute atomic E-state index is 0.164. The zero-order valence-corrected chi connectivity index (χ0v) is 11.4. The molecule has 0 aliphatic rings. The molecule has 0 fully saturated rings. The number of sulfonamides is 1. The molecule has 1 N–H and O–H groups in total. The molecule has 0 bridgehead atoms. The van der Waals surface area contributed by atoms with Crippen molar-refractivity contribution in [1.29, 1.82) is 0 Å². The van der Waals surface area contributed by atoms with Gasteiger partial charge in [0.1, 0.15) is 11.3 Å². The van der Waals surface area contributed by atoms with Gasteiger partial charge in [-0.1, -0.05) is 0 Å². The number of hydrogen-bond acceptors (Lipinski definition) is 5. The summed E-state index contributed by atoms with van der Waals surface area (Å²) in [6.07, 6.45) is 1.04. The molecular formula is C11H15NO5S. The molecule has 0 saturated heterocycles. The van der Waals surface area contributed by atoms with Crippen LogP contribution >= 0.6 is 0 Å². The van der Waals surface area contributed by atoms with Crippen LogP contribution in [0.4, 0.5) is 5.69 Å². The molecule has 0 aromatic heterocycles. The topological polar surface area (TPSA) is 81.7 Å². The maximum Gasteiger partial charge on any atom is 0.341 e. The van der Waals surface area contributed by atoms with E-state index in [9.17, 15) is 13.2 Å². The van der Waals surface area contributed by atoms with E-state index >= 15 is 0 Å². The maximum absolute atomic E-state index is 11.5. The fourth-order valence-electron chi connectivity index (χ4n) is 1.43. The molecule has 0 aliphatic heterocycles. The van der Waals surface area contributed by atoms with Crippen LogP contribution < -0.4 is 9.46 Å². The highest BCUT2D eigenvalue weighted by atomic mass is 32.2. The van der Waals surface area contributed by atoms with Gasteiger partial charge in [-0.25, -0.2) is 13.2 Å². The first kappa shape index (κ1) is 14.3. The van der Waals surface area contributed by atoms with Crippen molar-refractivity contribution in [3.63, 3.8) is 0 Å². The Labute approximate surface area is 106 Å². The normalized spacial score (nSPS) is 10.9. The lowest BCUT2D eigenvalue weighted by Crippen LogP contribution is -2.12. The molecule has 1 aromatic rings. The zero-order valence-electron chi connectivity index (χ0n) is 10.6.